The first-order valence-corrected chi connectivity index (χ1v) is 9.49. The predicted octanol–water partition coefficient (Wildman–Crippen LogP) is 2.82. The molecule has 4 rings (SSSR count). The summed E-state index contributed by atoms with van der Waals surface area (Å²) in [5.41, 5.74) is 2.94. The number of aromatic amines is 1. The second-order valence-electron chi connectivity index (χ2n) is 6.31. The van der Waals surface area contributed by atoms with E-state index < -0.39 is 11.1 Å². The fourth-order valence-electron chi connectivity index (χ4n) is 3.05. The van der Waals surface area contributed by atoms with Gasteiger partial charge in [0, 0.05) is 29.2 Å². The van der Waals surface area contributed by atoms with Crippen molar-refractivity contribution in [2.45, 2.75) is 11.8 Å². The number of hydrogen-bond donors (Lipinski definition) is 2. The van der Waals surface area contributed by atoms with Crippen LogP contribution in [0.25, 0.3) is 11.0 Å². The van der Waals surface area contributed by atoms with E-state index in [0.717, 1.165) is 5.69 Å². The van der Waals surface area contributed by atoms with Crippen LogP contribution in [0.1, 0.15) is 21.7 Å². The summed E-state index contributed by atoms with van der Waals surface area (Å²) in [6.45, 7) is 1.84. The van der Waals surface area contributed by atoms with Gasteiger partial charge in [0.05, 0.1) is 11.3 Å². The third-order valence-electron chi connectivity index (χ3n) is 4.32. The Hall–Kier alpha value is -3.30. The van der Waals surface area contributed by atoms with Crippen LogP contribution in [0.4, 0.5) is 11.5 Å². The molecule has 0 saturated carbocycles. The number of nitrogens with zero attached hydrogens (tertiary/aromatic N) is 3. The van der Waals surface area contributed by atoms with E-state index >= 15 is 0 Å². The highest BCUT2D eigenvalue weighted by Crippen LogP contribution is 2.24. The quantitative estimate of drug-likeness (QED) is 0.397. The summed E-state index contributed by atoms with van der Waals surface area (Å²) in [4.78, 5) is 20.5. The molecule has 0 spiro atoms. The average molecular weight is 394 g/mol. The molecule has 0 bridgehead atoms. The number of aromatic nitrogens is 4. The monoisotopic (exact) mass is 394 g/mol. The number of fused-ring (bicyclic) bond motifs is 1. The number of anilines is 2. The van der Waals surface area contributed by atoms with Crippen LogP contribution in [-0.2, 0) is 18.1 Å². The first-order valence-electron chi connectivity index (χ1n) is 8.42. The van der Waals surface area contributed by atoms with Gasteiger partial charge in [0.15, 0.2) is 0 Å². The Balaban J connectivity index is 1.65. The Bertz CT molecular complexity index is 1230. The Kier molecular flexibility index (Phi) is 4.54. The van der Waals surface area contributed by atoms with Crippen molar-refractivity contribution in [2.75, 3.05) is 5.32 Å². The molecule has 0 amide bonds. The maximum atomic E-state index is 12.9. The van der Waals surface area contributed by atoms with Crippen LogP contribution < -0.4 is 5.32 Å². The largest absolute Gasteiger partial charge is 0.768 e. The van der Waals surface area contributed by atoms with Gasteiger partial charge in [-0.15, -0.1) is 0 Å². The van der Waals surface area contributed by atoms with E-state index in [-0.39, 0.29) is 10.7 Å². The Labute approximate surface area is 162 Å². The van der Waals surface area contributed by atoms with Crippen molar-refractivity contribution in [3.63, 3.8) is 0 Å². The highest BCUT2D eigenvalue weighted by atomic mass is 32.2. The van der Waals surface area contributed by atoms with E-state index in [1.165, 1.54) is 12.1 Å². The van der Waals surface area contributed by atoms with Gasteiger partial charge in [-0.2, -0.15) is 5.10 Å². The van der Waals surface area contributed by atoms with Crippen LogP contribution in [0, 0.1) is 6.92 Å². The van der Waals surface area contributed by atoms with Gasteiger partial charge in [0.1, 0.15) is 17.2 Å². The third-order valence-corrected chi connectivity index (χ3v) is 4.96. The minimum atomic E-state index is -2.30. The summed E-state index contributed by atoms with van der Waals surface area (Å²) in [6, 6.07) is 11.7. The molecule has 1 unspecified atom stereocenters. The lowest BCUT2D eigenvalue weighted by atomic mass is 10.1. The van der Waals surface area contributed by atoms with E-state index in [1.807, 2.05) is 6.92 Å². The molecule has 3 heterocycles. The van der Waals surface area contributed by atoms with Crippen LogP contribution in [0.2, 0.25) is 0 Å². The van der Waals surface area contributed by atoms with Gasteiger partial charge < -0.3 is 14.9 Å². The van der Waals surface area contributed by atoms with Crippen molar-refractivity contribution in [3.05, 3.63) is 65.6 Å². The van der Waals surface area contributed by atoms with Crippen molar-refractivity contribution in [3.8, 4) is 0 Å². The Morgan fingerprint density at radius 3 is 2.79 bits per heavy atom. The molecule has 4 aromatic rings. The van der Waals surface area contributed by atoms with Crippen LogP contribution >= 0.6 is 0 Å². The van der Waals surface area contributed by atoms with Crippen LogP contribution in [0.15, 0.2) is 53.6 Å². The van der Waals surface area contributed by atoms with Crippen molar-refractivity contribution in [1.82, 2.24) is 19.7 Å². The normalized spacial score (nSPS) is 12.2. The first kappa shape index (κ1) is 18.1. The molecular weight excluding hydrogens is 378 g/mol. The number of nitrogens with one attached hydrogen (secondary N) is 2. The summed E-state index contributed by atoms with van der Waals surface area (Å²) in [7, 11) is 1.73. The second-order valence-corrected chi connectivity index (χ2v) is 7.25. The van der Waals surface area contributed by atoms with E-state index in [1.54, 1.807) is 48.3 Å². The molecule has 28 heavy (non-hydrogen) atoms. The summed E-state index contributed by atoms with van der Waals surface area (Å²) in [5, 5.41) is 7.99. The summed E-state index contributed by atoms with van der Waals surface area (Å²) >= 11 is -2.30. The minimum Gasteiger partial charge on any atom is -0.768 e. The summed E-state index contributed by atoms with van der Waals surface area (Å²) in [5.74, 6) is 0.390. The fourth-order valence-corrected chi connectivity index (χ4v) is 3.46. The lowest BCUT2D eigenvalue weighted by Crippen LogP contribution is -2.07. The molecule has 1 aromatic carbocycles. The molecule has 0 aliphatic rings. The van der Waals surface area contributed by atoms with Gasteiger partial charge in [-0.1, -0.05) is 6.07 Å². The number of carbonyl (C=O) groups excluding carboxylic acids is 1. The van der Waals surface area contributed by atoms with Gasteiger partial charge in [-0.25, -0.2) is 4.98 Å². The maximum Gasteiger partial charge on any atom is 0.213 e. The molecule has 1 atom stereocenters. The zero-order valence-electron chi connectivity index (χ0n) is 15.1. The number of carbonyl (C=O) groups is 1. The standard InChI is InChI=1S/C19H17N5O3S/c1-11-8-16(24(2)23-11)18(25)15-10-20-19-14(15)6-7-17(22-19)21-12-4-3-5-13(9-12)28(26)27/h3-10H,1-2H3,(H,26,27)(H2,20,21,22)/p-1. The number of hydrogen-bond acceptors (Lipinski definition) is 6. The molecule has 2 N–H and O–H groups in total. The Morgan fingerprint density at radius 2 is 2.07 bits per heavy atom. The number of benzene rings is 1. The molecule has 9 heteroatoms. The SMILES string of the molecule is Cc1cc(C(=O)c2c[nH]c3nc(Nc4cccc(S(=O)[O-])c4)ccc23)n(C)n1. The number of rotatable bonds is 5. The van der Waals surface area contributed by atoms with Crippen molar-refractivity contribution < 1.29 is 13.6 Å². The topological polar surface area (TPSA) is 116 Å². The van der Waals surface area contributed by atoms with E-state index in [0.29, 0.717) is 33.8 Å². The fraction of sp³-hybridized carbons (Fsp3) is 0.105. The summed E-state index contributed by atoms with van der Waals surface area (Å²) in [6.07, 6.45) is 1.63. The number of ketones is 1. The van der Waals surface area contributed by atoms with Crippen LogP contribution in [0.3, 0.4) is 0 Å². The van der Waals surface area contributed by atoms with Gasteiger partial charge in [0.2, 0.25) is 5.78 Å². The van der Waals surface area contributed by atoms with Crippen LogP contribution in [-0.4, -0.2) is 34.3 Å². The average Bonchev–Trinajstić information content (AvgIpc) is 3.23. The smallest absolute Gasteiger partial charge is 0.213 e. The number of aryl methyl sites for hydroxylation is 2. The number of pyridine rings is 1. The maximum absolute atomic E-state index is 12.9. The van der Waals surface area contributed by atoms with Crippen molar-refractivity contribution in [2.24, 2.45) is 7.05 Å². The molecular formula is C19H16N5O3S-. The highest BCUT2D eigenvalue weighted by Gasteiger charge is 2.18. The van der Waals surface area contributed by atoms with Crippen molar-refractivity contribution in [1.29, 1.82) is 0 Å². The minimum absolute atomic E-state index is 0.137. The molecule has 0 aliphatic heterocycles. The molecule has 0 radical (unpaired) electrons. The second kappa shape index (κ2) is 7.02. The predicted molar refractivity (Wildman–Crippen MR) is 104 cm³/mol. The molecule has 0 aliphatic carbocycles. The lowest BCUT2D eigenvalue weighted by Gasteiger charge is -2.09. The lowest BCUT2D eigenvalue weighted by molar-refractivity contribution is 0.103. The molecule has 8 nitrogen and oxygen atoms in total. The Morgan fingerprint density at radius 1 is 1.25 bits per heavy atom. The summed E-state index contributed by atoms with van der Waals surface area (Å²) < 4.78 is 23.8. The highest BCUT2D eigenvalue weighted by molar-refractivity contribution is 7.79. The molecule has 142 valence electrons. The van der Waals surface area contributed by atoms with E-state index in [2.05, 4.69) is 20.4 Å². The van der Waals surface area contributed by atoms with Gasteiger partial charge in [0.25, 0.3) is 0 Å². The van der Waals surface area contributed by atoms with Crippen LogP contribution in [0.5, 0.6) is 0 Å². The molecule has 3 aromatic heterocycles. The molecule has 0 fully saturated rings. The number of H-pyrrole nitrogens is 1. The van der Waals surface area contributed by atoms with Gasteiger partial charge in [-0.3, -0.25) is 13.7 Å². The third kappa shape index (κ3) is 3.32. The molecule has 0 saturated heterocycles. The van der Waals surface area contributed by atoms with Crippen molar-refractivity contribution >= 4 is 39.4 Å². The van der Waals surface area contributed by atoms with Gasteiger partial charge in [-0.05, 0) is 54.4 Å². The first-order chi connectivity index (χ1) is 13.4. The van der Waals surface area contributed by atoms with E-state index in [9.17, 15) is 13.6 Å². The van der Waals surface area contributed by atoms with E-state index in [4.69, 9.17) is 0 Å². The zero-order chi connectivity index (χ0) is 19.8. The van der Waals surface area contributed by atoms with Gasteiger partial charge >= 0.3 is 0 Å². The zero-order valence-corrected chi connectivity index (χ0v) is 15.9.